The summed E-state index contributed by atoms with van der Waals surface area (Å²) in [6.45, 7) is 1.58. The molecule has 0 unspecified atom stereocenters. The van der Waals surface area contributed by atoms with Crippen molar-refractivity contribution in [2.75, 3.05) is 0 Å². The lowest BCUT2D eigenvalue weighted by atomic mass is 10.3. The van der Waals surface area contributed by atoms with Crippen LogP contribution in [0.3, 0.4) is 0 Å². The molecule has 4 nitrogen and oxygen atoms in total. The van der Waals surface area contributed by atoms with E-state index in [2.05, 4.69) is 5.10 Å². The summed E-state index contributed by atoms with van der Waals surface area (Å²) in [6.07, 6.45) is 0. The SMILES string of the molecule is Cc1c(O)[nH]n(-c2ccccc2)c1=O. The normalized spacial score (nSPS) is 10.4. The zero-order valence-electron chi connectivity index (χ0n) is 7.69. The maximum atomic E-state index is 11.6. The number of nitrogens with zero attached hydrogens (tertiary/aromatic N) is 1. The Labute approximate surface area is 80.4 Å². The van der Waals surface area contributed by atoms with Crippen molar-refractivity contribution in [1.29, 1.82) is 0 Å². The standard InChI is InChI=1S/C10H10N2O2/c1-7-9(13)11-12(10(7)14)8-5-3-2-4-6-8/h2-6,11,13H,1H3. The fraction of sp³-hybridized carbons (Fsp3) is 0.100. The highest BCUT2D eigenvalue weighted by Crippen LogP contribution is 2.10. The molecule has 0 saturated carbocycles. The summed E-state index contributed by atoms with van der Waals surface area (Å²) >= 11 is 0. The molecule has 0 fully saturated rings. The molecule has 1 heterocycles. The number of aromatic amines is 1. The van der Waals surface area contributed by atoms with Gasteiger partial charge in [-0.05, 0) is 19.1 Å². The lowest BCUT2D eigenvalue weighted by Gasteiger charge is -1.98. The fourth-order valence-corrected chi connectivity index (χ4v) is 1.27. The molecule has 0 aliphatic heterocycles. The van der Waals surface area contributed by atoms with Gasteiger partial charge in [0.15, 0.2) is 0 Å². The van der Waals surface area contributed by atoms with E-state index in [4.69, 9.17) is 0 Å². The number of benzene rings is 1. The topological polar surface area (TPSA) is 58.0 Å². The van der Waals surface area contributed by atoms with Crippen molar-refractivity contribution in [1.82, 2.24) is 9.78 Å². The molecule has 0 spiro atoms. The quantitative estimate of drug-likeness (QED) is 0.709. The van der Waals surface area contributed by atoms with Crippen LogP contribution in [0.5, 0.6) is 5.88 Å². The van der Waals surface area contributed by atoms with Gasteiger partial charge in [-0.1, -0.05) is 18.2 Å². The Morgan fingerprint density at radius 2 is 1.93 bits per heavy atom. The van der Waals surface area contributed by atoms with Gasteiger partial charge in [-0.15, -0.1) is 0 Å². The summed E-state index contributed by atoms with van der Waals surface area (Å²) in [6, 6.07) is 9.10. The van der Waals surface area contributed by atoms with Gasteiger partial charge in [0.1, 0.15) is 0 Å². The molecule has 0 saturated heterocycles. The molecule has 1 aromatic heterocycles. The summed E-state index contributed by atoms with van der Waals surface area (Å²) in [4.78, 5) is 11.6. The molecule has 0 amide bonds. The monoisotopic (exact) mass is 190 g/mol. The smallest absolute Gasteiger partial charge is 0.278 e. The van der Waals surface area contributed by atoms with Crippen LogP contribution in [0.4, 0.5) is 0 Å². The van der Waals surface area contributed by atoms with E-state index in [0.29, 0.717) is 11.3 Å². The van der Waals surface area contributed by atoms with Crippen molar-refractivity contribution < 1.29 is 5.11 Å². The summed E-state index contributed by atoms with van der Waals surface area (Å²) in [5.74, 6) is -0.0844. The molecule has 4 heteroatoms. The number of hydrogen-bond acceptors (Lipinski definition) is 2. The highest BCUT2D eigenvalue weighted by molar-refractivity contribution is 5.33. The molecular formula is C10H10N2O2. The molecule has 0 radical (unpaired) electrons. The molecule has 0 aliphatic carbocycles. The van der Waals surface area contributed by atoms with Crippen LogP contribution in [0.15, 0.2) is 35.1 Å². The Kier molecular flexibility index (Phi) is 1.89. The number of H-pyrrole nitrogens is 1. The Balaban J connectivity index is 2.64. The van der Waals surface area contributed by atoms with Crippen LogP contribution in [0.1, 0.15) is 5.56 Å². The third kappa shape index (κ3) is 1.21. The molecule has 1 aromatic carbocycles. The summed E-state index contributed by atoms with van der Waals surface area (Å²) < 4.78 is 1.31. The van der Waals surface area contributed by atoms with E-state index >= 15 is 0 Å². The lowest BCUT2D eigenvalue weighted by molar-refractivity contribution is 0.444. The van der Waals surface area contributed by atoms with Crippen molar-refractivity contribution in [3.63, 3.8) is 0 Å². The lowest BCUT2D eigenvalue weighted by Crippen LogP contribution is -2.15. The molecular weight excluding hydrogens is 180 g/mol. The van der Waals surface area contributed by atoms with Gasteiger partial charge in [0.2, 0.25) is 5.88 Å². The summed E-state index contributed by atoms with van der Waals surface area (Å²) in [7, 11) is 0. The maximum Gasteiger partial charge on any atom is 0.278 e. The van der Waals surface area contributed by atoms with Gasteiger partial charge in [-0.3, -0.25) is 9.89 Å². The van der Waals surface area contributed by atoms with Crippen molar-refractivity contribution in [2.24, 2.45) is 0 Å². The molecule has 72 valence electrons. The van der Waals surface area contributed by atoms with Crippen LogP contribution < -0.4 is 5.56 Å². The summed E-state index contributed by atoms with van der Waals surface area (Å²) in [5.41, 5.74) is 0.809. The van der Waals surface area contributed by atoms with Crippen LogP contribution in [0, 0.1) is 6.92 Å². The molecule has 2 rings (SSSR count). The molecule has 2 aromatic rings. The van der Waals surface area contributed by atoms with Gasteiger partial charge in [0, 0.05) is 0 Å². The predicted molar refractivity (Wildman–Crippen MR) is 52.8 cm³/mol. The number of hydrogen-bond donors (Lipinski definition) is 2. The van der Waals surface area contributed by atoms with Crippen molar-refractivity contribution in [3.05, 3.63) is 46.2 Å². The molecule has 0 atom stereocenters. The third-order valence-electron chi connectivity index (χ3n) is 2.11. The van der Waals surface area contributed by atoms with Crippen LogP contribution >= 0.6 is 0 Å². The number of rotatable bonds is 1. The molecule has 0 aliphatic rings. The van der Waals surface area contributed by atoms with Gasteiger partial charge in [0.05, 0.1) is 11.3 Å². The first-order valence-corrected chi connectivity index (χ1v) is 4.26. The van der Waals surface area contributed by atoms with Gasteiger partial charge >= 0.3 is 0 Å². The van der Waals surface area contributed by atoms with Crippen LogP contribution in [-0.4, -0.2) is 14.9 Å². The zero-order valence-corrected chi connectivity index (χ0v) is 7.69. The number of aromatic hydroxyl groups is 1. The van der Waals surface area contributed by atoms with Crippen molar-refractivity contribution in [2.45, 2.75) is 6.92 Å². The van der Waals surface area contributed by atoms with E-state index in [9.17, 15) is 9.90 Å². The minimum Gasteiger partial charge on any atom is -0.493 e. The molecule has 14 heavy (non-hydrogen) atoms. The second-order valence-corrected chi connectivity index (χ2v) is 3.06. The first kappa shape index (κ1) is 8.62. The maximum absolute atomic E-state index is 11.6. The van der Waals surface area contributed by atoms with Gasteiger partial charge in [-0.2, -0.15) is 0 Å². The van der Waals surface area contributed by atoms with Gasteiger partial charge in [-0.25, -0.2) is 4.68 Å². The minimum atomic E-state index is -0.228. The molecule has 2 N–H and O–H groups in total. The second-order valence-electron chi connectivity index (χ2n) is 3.06. The number of nitrogens with one attached hydrogen (secondary N) is 1. The number of aromatic nitrogens is 2. The van der Waals surface area contributed by atoms with Crippen LogP contribution in [0.25, 0.3) is 5.69 Å². The van der Waals surface area contributed by atoms with Gasteiger partial charge < -0.3 is 5.11 Å². The van der Waals surface area contributed by atoms with Crippen molar-refractivity contribution >= 4 is 0 Å². The number of para-hydroxylation sites is 1. The zero-order chi connectivity index (χ0) is 10.1. The van der Waals surface area contributed by atoms with E-state index < -0.39 is 0 Å². The van der Waals surface area contributed by atoms with E-state index in [-0.39, 0.29) is 11.4 Å². The Morgan fingerprint density at radius 3 is 2.43 bits per heavy atom. The fourth-order valence-electron chi connectivity index (χ4n) is 1.27. The highest BCUT2D eigenvalue weighted by Gasteiger charge is 2.08. The highest BCUT2D eigenvalue weighted by atomic mass is 16.3. The average molecular weight is 190 g/mol. The van der Waals surface area contributed by atoms with E-state index in [0.717, 1.165) is 0 Å². The van der Waals surface area contributed by atoms with Gasteiger partial charge in [0.25, 0.3) is 5.56 Å². The second kappa shape index (κ2) is 3.06. The first-order chi connectivity index (χ1) is 6.70. The Morgan fingerprint density at radius 1 is 1.29 bits per heavy atom. The Bertz CT molecular complexity index is 497. The van der Waals surface area contributed by atoms with Crippen LogP contribution in [0.2, 0.25) is 0 Å². The Hall–Kier alpha value is -1.97. The molecule has 0 bridgehead atoms. The van der Waals surface area contributed by atoms with E-state index in [1.54, 1.807) is 19.1 Å². The first-order valence-electron chi connectivity index (χ1n) is 4.26. The average Bonchev–Trinajstić information content (AvgIpc) is 2.47. The third-order valence-corrected chi connectivity index (χ3v) is 2.11. The minimum absolute atomic E-state index is 0.0844. The van der Waals surface area contributed by atoms with Crippen molar-refractivity contribution in [3.8, 4) is 11.6 Å². The predicted octanol–water partition coefficient (Wildman–Crippen LogP) is 1.18. The largest absolute Gasteiger partial charge is 0.493 e. The summed E-state index contributed by atoms with van der Waals surface area (Å²) in [5, 5.41) is 11.9. The van der Waals surface area contributed by atoms with Crippen LogP contribution in [-0.2, 0) is 0 Å². The van der Waals surface area contributed by atoms with E-state index in [1.807, 2.05) is 18.2 Å². The van der Waals surface area contributed by atoms with E-state index in [1.165, 1.54) is 4.68 Å².